The van der Waals surface area contributed by atoms with Crippen LogP contribution < -0.4 is 5.32 Å². The normalized spacial score (nSPS) is 10.8. The number of nitrogens with one attached hydrogen (secondary N) is 1. The van der Waals surface area contributed by atoms with Crippen molar-refractivity contribution in [1.29, 1.82) is 0 Å². The van der Waals surface area contributed by atoms with E-state index in [1.165, 1.54) is 0 Å². The largest absolute Gasteiger partial charge is 0.508 e. The molecule has 0 fully saturated rings. The van der Waals surface area contributed by atoms with Crippen LogP contribution in [0, 0.1) is 6.92 Å². The third-order valence-electron chi connectivity index (χ3n) is 4.29. The molecule has 0 saturated heterocycles. The predicted octanol–water partition coefficient (Wildman–Crippen LogP) is 5.27. The SMILES string of the molecule is CCCN(Cc1ccccc1O)C(=O)Nc1c(C)cccc1C(C)C. The van der Waals surface area contributed by atoms with Crippen LogP contribution in [0.2, 0.25) is 0 Å². The highest BCUT2D eigenvalue weighted by atomic mass is 16.3. The second-order valence-electron chi connectivity index (χ2n) is 6.67. The Morgan fingerprint density at radius 2 is 1.88 bits per heavy atom. The first kappa shape index (κ1) is 18.8. The molecule has 0 unspecified atom stereocenters. The molecule has 4 heteroatoms. The molecule has 0 aliphatic rings. The Kier molecular flexibility index (Phi) is 6.45. The molecule has 2 amide bonds. The van der Waals surface area contributed by atoms with Crippen LogP contribution in [0.15, 0.2) is 42.5 Å². The Labute approximate surface area is 150 Å². The van der Waals surface area contributed by atoms with Crippen molar-refractivity contribution < 1.29 is 9.90 Å². The monoisotopic (exact) mass is 340 g/mol. The number of carbonyl (C=O) groups excluding carboxylic acids is 1. The number of nitrogens with zero attached hydrogens (tertiary/aromatic N) is 1. The van der Waals surface area contributed by atoms with Crippen LogP contribution in [0.4, 0.5) is 10.5 Å². The highest BCUT2D eigenvalue weighted by Crippen LogP contribution is 2.28. The molecule has 2 aromatic carbocycles. The summed E-state index contributed by atoms with van der Waals surface area (Å²) >= 11 is 0. The summed E-state index contributed by atoms with van der Waals surface area (Å²) in [6.45, 7) is 9.30. The standard InChI is InChI=1S/C21H28N2O2/c1-5-13-23(14-17-10-6-7-12-19(17)24)21(25)22-20-16(4)9-8-11-18(20)15(2)3/h6-12,15,24H,5,13-14H2,1-4H3,(H,22,25). The first-order valence-corrected chi connectivity index (χ1v) is 8.86. The number of aryl methyl sites for hydroxylation is 1. The molecule has 0 spiro atoms. The second-order valence-corrected chi connectivity index (χ2v) is 6.67. The van der Waals surface area contributed by atoms with Gasteiger partial charge < -0.3 is 15.3 Å². The summed E-state index contributed by atoms with van der Waals surface area (Å²) in [5.74, 6) is 0.545. The van der Waals surface area contributed by atoms with Crippen molar-refractivity contribution in [3.05, 3.63) is 59.2 Å². The number of hydrogen-bond acceptors (Lipinski definition) is 2. The van der Waals surface area contributed by atoms with Crippen molar-refractivity contribution in [2.75, 3.05) is 11.9 Å². The smallest absolute Gasteiger partial charge is 0.322 e. The molecule has 0 saturated carbocycles. The van der Waals surface area contributed by atoms with Gasteiger partial charge in [0, 0.05) is 17.8 Å². The number of anilines is 1. The van der Waals surface area contributed by atoms with E-state index < -0.39 is 0 Å². The van der Waals surface area contributed by atoms with Gasteiger partial charge in [-0.1, -0.05) is 57.2 Å². The molecule has 4 nitrogen and oxygen atoms in total. The van der Waals surface area contributed by atoms with Crippen LogP contribution in [-0.2, 0) is 6.54 Å². The van der Waals surface area contributed by atoms with Gasteiger partial charge in [-0.15, -0.1) is 0 Å². The van der Waals surface area contributed by atoms with E-state index in [2.05, 4.69) is 25.2 Å². The van der Waals surface area contributed by atoms with E-state index in [4.69, 9.17) is 0 Å². The van der Waals surface area contributed by atoms with Gasteiger partial charge in [-0.05, 0) is 36.5 Å². The molecule has 2 N–H and O–H groups in total. The van der Waals surface area contributed by atoms with E-state index in [0.29, 0.717) is 19.0 Å². The molecule has 0 aliphatic heterocycles. The Hall–Kier alpha value is -2.49. The van der Waals surface area contributed by atoms with Crippen LogP contribution >= 0.6 is 0 Å². The van der Waals surface area contributed by atoms with E-state index in [0.717, 1.165) is 28.8 Å². The lowest BCUT2D eigenvalue weighted by Gasteiger charge is -2.25. The van der Waals surface area contributed by atoms with E-state index >= 15 is 0 Å². The highest BCUT2D eigenvalue weighted by Gasteiger charge is 2.18. The Bertz CT molecular complexity index is 726. The van der Waals surface area contributed by atoms with Gasteiger partial charge in [0.05, 0.1) is 6.54 Å². The van der Waals surface area contributed by atoms with Crippen LogP contribution in [-0.4, -0.2) is 22.6 Å². The van der Waals surface area contributed by atoms with Gasteiger partial charge in [-0.3, -0.25) is 0 Å². The predicted molar refractivity (Wildman–Crippen MR) is 103 cm³/mol. The van der Waals surface area contributed by atoms with Crippen LogP contribution in [0.1, 0.15) is 49.8 Å². The Balaban J connectivity index is 2.23. The average molecular weight is 340 g/mol. The zero-order valence-electron chi connectivity index (χ0n) is 15.5. The minimum Gasteiger partial charge on any atom is -0.508 e. The number of amides is 2. The topological polar surface area (TPSA) is 52.6 Å². The number of rotatable bonds is 6. The lowest BCUT2D eigenvalue weighted by molar-refractivity contribution is 0.208. The summed E-state index contributed by atoms with van der Waals surface area (Å²) in [5.41, 5.74) is 3.83. The maximum absolute atomic E-state index is 12.9. The van der Waals surface area contributed by atoms with Crippen molar-refractivity contribution in [2.24, 2.45) is 0 Å². The first-order chi connectivity index (χ1) is 11.9. The Morgan fingerprint density at radius 3 is 2.52 bits per heavy atom. The molecular weight excluding hydrogens is 312 g/mol. The summed E-state index contributed by atoms with van der Waals surface area (Å²) in [6.07, 6.45) is 0.853. The summed E-state index contributed by atoms with van der Waals surface area (Å²) in [5, 5.41) is 13.1. The fourth-order valence-electron chi connectivity index (χ4n) is 2.90. The van der Waals surface area contributed by atoms with E-state index in [9.17, 15) is 9.90 Å². The summed E-state index contributed by atoms with van der Waals surface area (Å²) < 4.78 is 0. The summed E-state index contributed by atoms with van der Waals surface area (Å²) in [7, 11) is 0. The fourth-order valence-corrected chi connectivity index (χ4v) is 2.90. The molecule has 2 aromatic rings. The van der Waals surface area contributed by atoms with E-state index in [1.807, 2.05) is 38.1 Å². The zero-order valence-corrected chi connectivity index (χ0v) is 15.5. The molecule has 25 heavy (non-hydrogen) atoms. The summed E-state index contributed by atoms with van der Waals surface area (Å²) in [6, 6.07) is 13.1. The number of benzene rings is 2. The average Bonchev–Trinajstić information content (AvgIpc) is 2.57. The molecule has 0 atom stereocenters. The minimum absolute atomic E-state index is 0.138. The molecular formula is C21H28N2O2. The maximum atomic E-state index is 12.9. The number of hydrogen-bond donors (Lipinski definition) is 2. The number of aromatic hydroxyl groups is 1. The van der Waals surface area contributed by atoms with E-state index in [-0.39, 0.29) is 11.8 Å². The minimum atomic E-state index is -0.138. The van der Waals surface area contributed by atoms with Gasteiger partial charge in [0.1, 0.15) is 5.75 Å². The molecule has 0 aromatic heterocycles. The first-order valence-electron chi connectivity index (χ1n) is 8.86. The van der Waals surface area contributed by atoms with E-state index in [1.54, 1.807) is 17.0 Å². The third-order valence-corrected chi connectivity index (χ3v) is 4.29. The fraction of sp³-hybridized carbons (Fsp3) is 0.381. The van der Waals surface area contributed by atoms with Crippen LogP contribution in [0.3, 0.4) is 0 Å². The zero-order chi connectivity index (χ0) is 18.4. The van der Waals surface area contributed by atoms with Gasteiger partial charge >= 0.3 is 6.03 Å². The lowest BCUT2D eigenvalue weighted by Crippen LogP contribution is -2.35. The summed E-state index contributed by atoms with van der Waals surface area (Å²) in [4.78, 5) is 14.6. The maximum Gasteiger partial charge on any atom is 0.322 e. The molecule has 0 aliphatic carbocycles. The number of phenolic OH excluding ortho intramolecular Hbond substituents is 1. The lowest BCUT2D eigenvalue weighted by atomic mass is 9.98. The van der Waals surface area contributed by atoms with Crippen LogP contribution in [0.25, 0.3) is 0 Å². The van der Waals surface area contributed by atoms with Gasteiger partial charge in [0.15, 0.2) is 0 Å². The molecule has 134 valence electrons. The van der Waals surface area contributed by atoms with Crippen molar-refractivity contribution in [1.82, 2.24) is 4.90 Å². The second kappa shape index (κ2) is 8.56. The van der Waals surface area contributed by atoms with Gasteiger partial charge in [0.2, 0.25) is 0 Å². The molecule has 2 rings (SSSR count). The number of carbonyl (C=O) groups is 1. The van der Waals surface area contributed by atoms with Crippen molar-refractivity contribution in [3.8, 4) is 5.75 Å². The molecule has 0 bridgehead atoms. The molecule has 0 heterocycles. The number of para-hydroxylation sites is 2. The quantitative estimate of drug-likeness (QED) is 0.753. The van der Waals surface area contributed by atoms with Crippen molar-refractivity contribution in [2.45, 2.75) is 46.6 Å². The number of urea groups is 1. The molecule has 0 radical (unpaired) electrons. The van der Waals surface area contributed by atoms with Crippen molar-refractivity contribution >= 4 is 11.7 Å². The highest BCUT2D eigenvalue weighted by molar-refractivity contribution is 5.91. The van der Waals surface area contributed by atoms with Gasteiger partial charge in [-0.2, -0.15) is 0 Å². The van der Waals surface area contributed by atoms with Gasteiger partial charge in [-0.25, -0.2) is 4.79 Å². The third kappa shape index (κ3) is 4.75. The van der Waals surface area contributed by atoms with Crippen molar-refractivity contribution in [3.63, 3.8) is 0 Å². The van der Waals surface area contributed by atoms with Gasteiger partial charge in [0.25, 0.3) is 0 Å². The number of phenols is 1. The van der Waals surface area contributed by atoms with Crippen LogP contribution in [0.5, 0.6) is 5.75 Å². The Morgan fingerprint density at radius 1 is 1.16 bits per heavy atom.